The van der Waals surface area contributed by atoms with Crippen LogP contribution in [0.4, 0.5) is 4.79 Å². The highest BCUT2D eigenvalue weighted by atomic mass is 35.5. The summed E-state index contributed by atoms with van der Waals surface area (Å²) >= 11 is 6.34. The SMILES string of the molecule is CCOc1cc(C=NNC(=O)OC)cc(Cl)c1OCCCOc1ccccc1. The molecule has 2 aromatic carbocycles. The molecule has 0 unspecified atom stereocenters. The van der Waals surface area contributed by atoms with Gasteiger partial charge in [0.1, 0.15) is 5.75 Å². The van der Waals surface area contributed by atoms with Crippen LogP contribution in [0.1, 0.15) is 18.9 Å². The molecule has 2 aromatic rings. The van der Waals surface area contributed by atoms with E-state index in [0.717, 1.165) is 5.75 Å². The highest BCUT2D eigenvalue weighted by molar-refractivity contribution is 6.32. The molecule has 1 N–H and O–H groups in total. The van der Waals surface area contributed by atoms with Crippen LogP contribution in [0.2, 0.25) is 5.02 Å². The van der Waals surface area contributed by atoms with Gasteiger partial charge in [-0.05, 0) is 36.8 Å². The minimum absolute atomic E-state index is 0.384. The van der Waals surface area contributed by atoms with Gasteiger partial charge >= 0.3 is 6.09 Å². The number of nitrogens with one attached hydrogen (secondary N) is 1. The van der Waals surface area contributed by atoms with Crippen molar-refractivity contribution in [1.82, 2.24) is 5.43 Å². The summed E-state index contributed by atoms with van der Waals surface area (Å²) in [5.41, 5.74) is 2.85. The summed E-state index contributed by atoms with van der Waals surface area (Å²) in [6, 6.07) is 13.0. The van der Waals surface area contributed by atoms with Gasteiger partial charge in [-0.3, -0.25) is 0 Å². The molecule has 0 atom stereocenters. The number of hydrogen-bond acceptors (Lipinski definition) is 6. The molecule has 0 saturated heterocycles. The Hall–Kier alpha value is -2.93. The molecule has 150 valence electrons. The van der Waals surface area contributed by atoms with Crippen molar-refractivity contribution in [2.24, 2.45) is 5.10 Å². The number of hydrazone groups is 1. The van der Waals surface area contributed by atoms with Crippen LogP contribution in [-0.4, -0.2) is 39.2 Å². The van der Waals surface area contributed by atoms with Gasteiger partial charge in [-0.25, -0.2) is 10.2 Å². The number of halogens is 1. The monoisotopic (exact) mass is 406 g/mol. The molecule has 0 saturated carbocycles. The molecular weight excluding hydrogens is 384 g/mol. The van der Waals surface area contributed by atoms with Crippen molar-refractivity contribution in [2.45, 2.75) is 13.3 Å². The second-order valence-corrected chi connectivity index (χ2v) is 5.90. The Balaban J connectivity index is 1.93. The van der Waals surface area contributed by atoms with E-state index in [1.165, 1.54) is 13.3 Å². The molecule has 0 aliphatic carbocycles. The molecule has 0 spiro atoms. The molecule has 2 rings (SSSR count). The van der Waals surface area contributed by atoms with E-state index in [4.69, 9.17) is 25.8 Å². The maximum Gasteiger partial charge on any atom is 0.427 e. The Morgan fingerprint density at radius 3 is 2.61 bits per heavy atom. The van der Waals surface area contributed by atoms with Crippen molar-refractivity contribution >= 4 is 23.9 Å². The van der Waals surface area contributed by atoms with Crippen LogP contribution >= 0.6 is 11.6 Å². The van der Waals surface area contributed by atoms with Gasteiger partial charge in [0.25, 0.3) is 0 Å². The zero-order valence-corrected chi connectivity index (χ0v) is 16.6. The summed E-state index contributed by atoms with van der Waals surface area (Å²) in [7, 11) is 1.26. The van der Waals surface area contributed by atoms with Crippen molar-refractivity contribution in [3.63, 3.8) is 0 Å². The van der Waals surface area contributed by atoms with Crippen LogP contribution in [0.15, 0.2) is 47.6 Å². The third-order valence-corrected chi connectivity index (χ3v) is 3.71. The first-order valence-corrected chi connectivity index (χ1v) is 9.15. The van der Waals surface area contributed by atoms with Gasteiger partial charge in [0.05, 0.1) is 38.2 Å². The van der Waals surface area contributed by atoms with Crippen LogP contribution in [0.25, 0.3) is 0 Å². The third-order valence-electron chi connectivity index (χ3n) is 3.43. The molecule has 0 fully saturated rings. The van der Waals surface area contributed by atoms with Crippen molar-refractivity contribution in [2.75, 3.05) is 26.9 Å². The topological polar surface area (TPSA) is 78.4 Å². The highest BCUT2D eigenvalue weighted by Gasteiger charge is 2.12. The molecule has 0 radical (unpaired) electrons. The first-order valence-electron chi connectivity index (χ1n) is 8.78. The predicted molar refractivity (Wildman–Crippen MR) is 108 cm³/mol. The van der Waals surface area contributed by atoms with E-state index in [9.17, 15) is 4.79 Å². The molecule has 0 aliphatic heterocycles. The van der Waals surface area contributed by atoms with E-state index in [2.05, 4.69) is 15.3 Å². The van der Waals surface area contributed by atoms with Crippen LogP contribution in [0.3, 0.4) is 0 Å². The van der Waals surface area contributed by atoms with Crippen molar-refractivity contribution in [3.8, 4) is 17.2 Å². The number of nitrogens with zero attached hydrogens (tertiary/aromatic N) is 1. The Kier molecular flexibility index (Phi) is 8.94. The fourth-order valence-corrected chi connectivity index (χ4v) is 2.48. The molecule has 28 heavy (non-hydrogen) atoms. The fraction of sp³-hybridized carbons (Fsp3) is 0.300. The summed E-state index contributed by atoms with van der Waals surface area (Å²) in [6.45, 7) is 3.26. The number of hydrogen-bond donors (Lipinski definition) is 1. The van der Waals surface area contributed by atoms with Gasteiger partial charge in [-0.2, -0.15) is 5.10 Å². The summed E-state index contributed by atoms with van der Waals surface area (Å²) in [4.78, 5) is 11.0. The zero-order valence-electron chi connectivity index (χ0n) is 15.8. The minimum atomic E-state index is -0.662. The van der Waals surface area contributed by atoms with E-state index >= 15 is 0 Å². The average Bonchev–Trinajstić information content (AvgIpc) is 2.70. The number of ether oxygens (including phenoxy) is 4. The molecule has 7 nitrogen and oxygen atoms in total. The molecule has 1 amide bonds. The lowest BCUT2D eigenvalue weighted by Crippen LogP contribution is -2.16. The molecule has 0 aliphatic rings. The second kappa shape index (κ2) is 11.7. The maximum atomic E-state index is 11.0. The number of carbonyl (C=O) groups is 1. The van der Waals surface area contributed by atoms with E-state index in [1.54, 1.807) is 12.1 Å². The number of benzene rings is 2. The number of methoxy groups -OCH3 is 1. The largest absolute Gasteiger partial charge is 0.493 e. The van der Waals surface area contributed by atoms with E-state index in [-0.39, 0.29) is 0 Å². The Labute approximate surface area is 169 Å². The lowest BCUT2D eigenvalue weighted by molar-refractivity contribution is 0.171. The van der Waals surface area contributed by atoms with Gasteiger partial charge in [0.15, 0.2) is 11.5 Å². The molecule has 0 aromatic heterocycles. The van der Waals surface area contributed by atoms with E-state index in [0.29, 0.717) is 48.3 Å². The molecule has 0 heterocycles. The lowest BCUT2D eigenvalue weighted by Gasteiger charge is -2.14. The number of amides is 1. The fourth-order valence-electron chi connectivity index (χ4n) is 2.21. The van der Waals surface area contributed by atoms with Crippen LogP contribution in [0, 0.1) is 0 Å². The number of para-hydroxylation sites is 1. The Morgan fingerprint density at radius 2 is 1.89 bits per heavy atom. The van der Waals surface area contributed by atoms with Crippen LogP contribution < -0.4 is 19.6 Å². The third kappa shape index (κ3) is 7.00. The zero-order chi connectivity index (χ0) is 20.2. The maximum absolute atomic E-state index is 11.0. The van der Waals surface area contributed by atoms with Gasteiger partial charge in [0.2, 0.25) is 0 Å². The van der Waals surface area contributed by atoms with Gasteiger partial charge in [-0.15, -0.1) is 0 Å². The van der Waals surface area contributed by atoms with Crippen molar-refractivity contribution in [1.29, 1.82) is 0 Å². The predicted octanol–water partition coefficient (Wildman–Crippen LogP) is 4.28. The average molecular weight is 407 g/mol. The van der Waals surface area contributed by atoms with Crippen LogP contribution in [0.5, 0.6) is 17.2 Å². The standard InChI is InChI=1S/C20H23ClN2O5/c1-3-26-18-13-15(14-22-23-20(24)25-2)12-17(21)19(18)28-11-7-10-27-16-8-5-4-6-9-16/h4-6,8-9,12-14H,3,7,10-11H2,1-2H3,(H,23,24). The Bertz CT molecular complexity index is 784. The number of carbonyl (C=O) groups excluding carboxylic acids is 1. The van der Waals surface area contributed by atoms with Crippen LogP contribution in [-0.2, 0) is 4.74 Å². The first-order chi connectivity index (χ1) is 13.6. The summed E-state index contributed by atoms with van der Waals surface area (Å²) < 4.78 is 21.5. The van der Waals surface area contributed by atoms with E-state index < -0.39 is 6.09 Å². The minimum Gasteiger partial charge on any atom is -0.493 e. The summed E-state index contributed by atoms with van der Waals surface area (Å²) in [5.74, 6) is 1.78. The number of rotatable bonds is 10. The van der Waals surface area contributed by atoms with Gasteiger partial charge in [0, 0.05) is 6.42 Å². The van der Waals surface area contributed by atoms with Gasteiger partial charge in [-0.1, -0.05) is 29.8 Å². The first kappa shape index (κ1) is 21.4. The summed E-state index contributed by atoms with van der Waals surface area (Å²) in [6.07, 6.45) is 1.45. The Morgan fingerprint density at radius 1 is 1.14 bits per heavy atom. The highest BCUT2D eigenvalue weighted by Crippen LogP contribution is 2.36. The molecule has 8 heteroatoms. The summed E-state index contributed by atoms with van der Waals surface area (Å²) in [5, 5.41) is 4.16. The van der Waals surface area contributed by atoms with Gasteiger partial charge < -0.3 is 18.9 Å². The normalized spacial score (nSPS) is 10.5. The van der Waals surface area contributed by atoms with Crippen molar-refractivity contribution in [3.05, 3.63) is 53.1 Å². The molecular formula is C20H23ClN2O5. The second-order valence-electron chi connectivity index (χ2n) is 5.49. The smallest absolute Gasteiger partial charge is 0.427 e. The molecule has 0 bridgehead atoms. The quantitative estimate of drug-likeness (QED) is 0.362. The lowest BCUT2D eigenvalue weighted by atomic mass is 10.2. The van der Waals surface area contributed by atoms with E-state index in [1.807, 2.05) is 37.3 Å². The van der Waals surface area contributed by atoms with Crippen molar-refractivity contribution < 1.29 is 23.7 Å².